The van der Waals surface area contributed by atoms with Gasteiger partial charge < -0.3 is 5.32 Å². The van der Waals surface area contributed by atoms with Crippen molar-refractivity contribution < 1.29 is 14.1 Å². The first kappa shape index (κ1) is 20.0. The second-order valence-corrected chi connectivity index (χ2v) is 8.89. The summed E-state index contributed by atoms with van der Waals surface area (Å²) in [6.45, 7) is 4.03. The number of halogens is 1. The third kappa shape index (κ3) is 3.26. The van der Waals surface area contributed by atoms with Gasteiger partial charge in [0.05, 0.1) is 10.5 Å². The normalized spacial score (nSPS) is 19.2. The van der Waals surface area contributed by atoms with Gasteiger partial charge in [0.15, 0.2) is 11.6 Å². The molecule has 0 fully saturated rings. The Kier molecular flexibility index (Phi) is 4.44. The molecule has 32 heavy (non-hydrogen) atoms. The van der Waals surface area contributed by atoms with Crippen molar-refractivity contribution in [1.29, 1.82) is 0 Å². The number of aromatic nitrogens is 3. The minimum Gasteiger partial charge on any atom is -0.328 e. The molecule has 162 valence electrons. The van der Waals surface area contributed by atoms with E-state index >= 15 is 0 Å². The van der Waals surface area contributed by atoms with Gasteiger partial charge in [-0.2, -0.15) is 4.98 Å². The van der Waals surface area contributed by atoms with Crippen LogP contribution in [-0.4, -0.2) is 25.5 Å². The zero-order valence-electron chi connectivity index (χ0n) is 17.5. The number of nitro benzene ring substituents is 1. The second kappa shape index (κ2) is 7.08. The van der Waals surface area contributed by atoms with E-state index < -0.39 is 11.0 Å². The number of nitro groups is 1. The lowest BCUT2D eigenvalue weighted by molar-refractivity contribution is -0.385. The fourth-order valence-electron chi connectivity index (χ4n) is 4.50. The molecule has 8 nitrogen and oxygen atoms in total. The van der Waals surface area contributed by atoms with Crippen LogP contribution in [0.25, 0.3) is 11.4 Å². The molecule has 0 amide bonds. The van der Waals surface area contributed by atoms with Crippen molar-refractivity contribution in [2.24, 2.45) is 5.41 Å². The standard InChI is InChI=1S/C23H20FN5O3/c1-23(2)11-16-19(18(30)12-23)20(15-5-3-4-6-17(15)29(31)32)28-22(25-16)26-21(27-28)13-7-9-14(24)10-8-13/h3-10,20H,11-12H2,1-2H3,(H,25,26,27). The number of hydrogen-bond acceptors (Lipinski definition) is 6. The number of Topliss-reactive ketones (excluding diaryl/α,β-unsaturated/α-hetero) is 1. The van der Waals surface area contributed by atoms with Gasteiger partial charge in [-0.1, -0.05) is 26.0 Å². The van der Waals surface area contributed by atoms with E-state index in [9.17, 15) is 19.3 Å². The Bertz CT molecular complexity index is 1290. The lowest BCUT2D eigenvalue weighted by Crippen LogP contribution is -2.36. The molecule has 1 atom stereocenters. The first-order chi connectivity index (χ1) is 15.2. The number of nitrogens with zero attached hydrogens (tertiary/aromatic N) is 4. The predicted octanol–water partition coefficient (Wildman–Crippen LogP) is 4.65. The Morgan fingerprint density at radius 1 is 1.16 bits per heavy atom. The van der Waals surface area contributed by atoms with Crippen LogP contribution < -0.4 is 5.32 Å². The van der Waals surface area contributed by atoms with Gasteiger partial charge >= 0.3 is 0 Å². The van der Waals surface area contributed by atoms with E-state index in [1.54, 1.807) is 30.3 Å². The average molecular weight is 433 g/mol. The van der Waals surface area contributed by atoms with Gasteiger partial charge in [0.2, 0.25) is 5.95 Å². The quantitative estimate of drug-likeness (QED) is 0.476. The van der Waals surface area contributed by atoms with E-state index in [4.69, 9.17) is 0 Å². The Morgan fingerprint density at radius 3 is 2.59 bits per heavy atom. The van der Waals surface area contributed by atoms with Gasteiger partial charge in [-0.3, -0.25) is 14.9 Å². The summed E-state index contributed by atoms with van der Waals surface area (Å²) >= 11 is 0. The third-order valence-electron chi connectivity index (χ3n) is 5.86. The van der Waals surface area contributed by atoms with Crippen molar-refractivity contribution in [2.45, 2.75) is 32.7 Å². The first-order valence-electron chi connectivity index (χ1n) is 10.2. The monoisotopic (exact) mass is 433 g/mol. The third-order valence-corrected chi connectivity index (χ3v) is 5.86. The molecule has 1 aromatic heterocycles. The predicted molar refractivity (Wildman–Crippen MR) is 115 cm³/mol. The van der Waals surface area contributed by atoms with Gasteiger partial charge in [-0.25, -0.2) is 9.07 Å². The number of carbonyl (C=O) groups excluding carboxylic acids is 1. The van der Waals surface area contributed by atoms with Crippen molar-refractivity contribution in [3.63, 3.8) is 0 Å². The molecule has 3 aromatic rings. The molecule has 2 heterocycles. The van der Waals surface area contributed by atoms with E-state index in [-0.39, 0.29) is 22.7 Å². The molecule has 1 N–H and O–H groups in total. The molecule has 0 saturated carbocycles. The van der Waals surface area contributed by atoms with Crippen LogP contribution in [0, 0.1) is 21.3 Å². The topological polar surface area (TPSA) is 103 Å². The van der Waals surface area contributed by atoms with Crippen LogP contribution in [0.1, 0.15) is 38.3 Å². The largest absolute Gasteiger partial charge is 0.328 e. The summed E-state index contributed by atoms with van der Waals surface area (Å²) < 4.78 is 14.9. The Labute approximate surface area is 182 Å². The van der Waals surface area contributed by atoms with Crippen LogP contribution in [0.15, 0.2) is 59.8 Å². The zero-order valence-corrected chi connectivity index (χ0v) is 17.5. The highest BCUT2D eigenvalue weighted by atomic mass is 19.1. The molecule has 0 bridgehead atoms. The number of ketones is 1. The average Bonchev–Trinajstić information content (AvgIpc) is 3.15. The summed E-state index contributed by atoms with van der Waals surface area (Å²) in [4.78, 5) is 29.2. The summed E-state index contributed by atoms with van der Waals surface area (Å²) in [5.41, 5.74) is 1.81. The Hall–Kier alpha value is -3.88. The van der Waals surface area contributed by atoms with Crippen LogP contribution >= 0.6 is 0 Å². The van der Waals surface area contributed by atoms with E-state index in [2.05, 4.69) is 15.4 Å². The molecule has 2 aromatic carbocycles. The minimum absolute atomic E-state index is 0.0728. The number of benzene rings is 2. The fourth-order valence-corrected chi connectivity index (χ4v) is 4.50. The minimum atomic E-state index is -0.784. The number of anilines is 1. The molecule has 1 aliphatic carbocycles. The molecule has 1 aliphatic heterocycles. The zero-order chi connectivity index (χ0) is 22.6. The van der Waals surface area contributed by atoms with Gasteiger partial charge in [0.25, 0.3) is 5.69 Å². The summed E-state index contributed by atoms with van der Waals surface area (Å²) in [5, 5.41) is 19.6. The number of hydrogen-bond donors (Lipinski definition) is 1. The van der Waals surface area contributed by atoms with Crippen LogP contribution in [0.2, 0.25) is 0 Å². The van der Waals surface area contributed by atoms with E-state index in [1.165, 1.54) is 22.9 Å². The Morgan fingerprint density at radius 2 is 1.88 bits per heavy atom. The Balaban J connectivity index is 1.72. The highest BCUT2D eigenvalue weighted by molar-refractivity contribution is 6.00. The lowest BCUT2D eigenvalue weighted by Gasteiger charge is -2.38. The summed E-state index contributed by atoms with van der Waals surface area (Å²) in [7, 11) is 0. The number of rotatable bonds is 3. The molecule has 0 spiro atoms. The molecule has 2 aliphatic rings. The number of allylic oxidation sites excluding steroid dienone is 2. The molecular weight excluding hydrogens is 413 g/mol. The van der Waals surface area contributed by atoms with Crippen molar-refractivity contribution in [1.82, 2.24) is 14.8 Å². The van der Waals surface area contributed by atoms with E-state index in [0.29, 0.717) is 47.0 Å². The van der Waals surface area contributed by atoms with Crippen molar-refractivity contribution in [2.75, 3.05) is 5.32 Å². The number of fused-ring (bicyclic) bond motifs is 1. The van der Waals surface area contributed by atoms with Crippen LogP contribution in [0.3, 0.4) is 0 Å². The van der Waals surface area contributed by atoms with E-state index in [0.717, 1.165) is 0 Å². The molecule has 0 saturated heterocycles. The van der Waals surface area contributed by atoms with Gasteiger partial charge in [-0.15, -0.1) is 5.10 Å². The fraction of sp³-hybridized carbons (Fsp3) is 0.261. The molecular formula is C23H20FN5O3. The van der Waals surface area contributed by atoms with Gasteiger partial charge in [0.1, 0.15) is 11.9 Å². The summed E-state index contributed by atoms with van der Waals surface area (Å²) in [6, 6.07) is 11.4. The highest BCUT2D eigenvalue weighted by Gasteiger charge is 2.43. The maximum atomic E-state index is 13.4. The van der Waals surface area contributed by atoms with Gasteiger partial charge in [-0.05, 0) is 42.2 Å². The SMILES string of the molecule is CC1(C)CC(=O)C2=C(C1)Nc1nc(-c3ccc(F)cc3)nn1C2c1ccccc1[N+](=O)[O-]. The first-order valence-corrected chi connectivity index (χ1v) is 10.2. The summed E-state index contributed by atoms with van der Waals surface area (Å²) in [5.74, 6) is 0.273. The van der Waals surface area contributed by atoms with Crippen molar-refractivity contribution >= 4 is 17.4 Å². The van der Waals surface area contributed by atoms with Gasteiger partial charge in [0, 0.05) is 29.3 Å². The maximum Gasteiger partial charge on any atom is 0.275 e. The van der Waals surface area contributed by atoms with E-state index in [1.807, 2.05) is 13.8 Å². The highest BCUT2D eigenvalue weighted by Crippen LogP contribution is 2.47. The maximum absolute atomic E-state index is 13.4. The van der Waals surface area contributed by atoms with Crippen molar-refractivity contribution in [3.05, 3.63) is 81.3 Å². The van der Waals surface area contributed by atoms with Crippen LogP contribution in [0.4, 0.5) is 16.0 Å². The number of para-hydroxylation sites is 1. The molecule has 0 radical (unpaired) electrons. The molecule has 5 rings (SSSR count). The van der Waals surface area contributed by atoms with Crippen molar-refractivity contribution in [3.8, 4) is 11.4 Å². The number of carbonyl (C=O) groups is 1. The molecule has 9 heteroatoms. The lowest BCUT2D eigenvalue weighted by atomic mass is 9.73. The molecule has 1 unspecified atom stereocenters. The second-order valence-electron chi connectivity index (χ2n) is 8.89. The van der Waals surface area contributed by atoms with Crippen LogP contribution in [0.5, 0.6) is 0 Å². The van der Waals surface area contributed by atoms with Crippen LogP contribution in [-0.2, 0) is 4.79 Å². The smallest absolute Gasteiger partial charge is 0.275 e. The number of nitrogens with one attached hydrogen (secondary N) is 1. The summed E-state index contributed by atoms with van der Waals surface area (Å²) in [6.07, 6.45) is 0.934.